The van der Waals surface area contributed by atoms with Gasteiger partial charge in [0.1, 0.15) is 0 Å². The van der Waals surface area contributed by atoms with Crippen LogP contribution in [-0.4, -0.2) is 25.0 Å². The Kier molecular flexibility index (Phi) is 6.08. The lowest BCUT2D eigenvalue weighted by Gasteiger charge is -2.19. The van der Waals surface area contributed by atoms with E-state index in [0.717, 1.165) is 25.7 Å². The van der Waals surface area contributed by atoms with Crippen molar-refractivity contribution in [1.29, 1.82) is 5.26 Å². The zero-order chi connectivity index (χ0) is 12.5. The Morgan fingerprint density at radius 2 is 2.00 bits per heavy atom. The number of amides is 1. The number of carbonyl (C=O) groups excluding carboxylic acids is 2. The Labute approximate surface area is 101 Å². The van der Waals surface area contributed by atoms with E-state index in [1.165, 1.54) is 6.42 Å². The fourth-order valence-corrected chi connectivity index (χ4v) is 1.90. The van der Waals surface area contributed by atoms with Gasteiger partial charge in [-0.05, 0) is 12.8 Å². The molecule has 1 amide bonds. The molecule has 0 aromatic rings. The maximum atomic E-state index is 11.6. The van der Waals surface area contributed by atoms with Gasteiger partial charge in [0, 0.05) is 6.54 Å². The minimum atomic E-state index is -0.343. The van der Waals surface area contributed by atoms with Crippen molar-refractivity contribution in [2.24, 2.45) is 5.92 Å². The second-order valence-corrected chi connectivity index (χ2v) is 4.20. The normalized spacial score (nSPS) is 15.9. The third-order valence-corrected chi connectivity index (χ3v) is 2.84. The van der Waals surface area contributed by atoms with Crippen molar-refractivity contribution >= 4 is 11.9 Å². The Bertz CT molecular complexity index is 303. The lowest BCUT2D eigenvalue weighted by molar-refractivity contribution is -0.153. The van der Waals surface area contributed by atoms with Gasteiger partial charge in [-0.2, -0.15) is 5.26 Å². The minimum absolute atomic E-state index is 0.0318. The molecular formula is C12H18N2O3. The summed E-state index contributed by atoms with van der Waals surface area (Å²) in [6.07, 6.45) is 5.31. The standard InChI is InChI=1S/C12H18N2O3/c13-7-4-8-14-11(15)9-17-12(16)10-5-2-1-3-6-10/h10H,1-6,8-9H2,(H,14,15). The van der Waals surface area contributed by atoms with Crippen molar-refractivity contribution in [1.82, 2.24) is 5.32 Å². The number of carbonyl (C=O) groups is 2. The Morgan fingerprint density at radius 3 is 2.65 bits per heavy atom. The molecule has 5 nitrogen and oxygen atoms in total. The quantitative estimate of drug-likeness (QED) is 0.575. The molecule has 1 fully saturated rings. The third kappa shape index (κ3) is 5.34. The van der Waals surface area contributed by atoms with E-state index in [1.54, 1.807) is 0 Å². The van der Waals surface area contributed by atoms with E-state index in [0.29, 0.717) is 6.54 Å². The van der Waals surface area contributed by atoms with Crippen LogP contribution in [0.15, 0.2) is 0 Å². The van der Waals surface area contributed by atoms with Gasteiger partial charge in [-0.15, -0.1) is 0 Å². The zero-order valence-electron chi connectivity index (χ0n) is 9.91. The highest BCUT2D eigenvalue weighted by Crippen LogP contribution is 2.24. The molecule has 0 unspecified atom stereocenters. The maximum absolute atomic E-state index is 11.6. The number of ether oxygens (including phenoxy) is 1. The van der Waals surface area contributed by atoms with Gasteiger partial charge in [-0.3, -0.25) is 9.59 Å². The van der Waals surface area contributed by atoms with Gasteiger partial charge in [0.2, 0.25) is 0 Å². The smallest absolute Gasteiger partial charge is 0.309 e. The Balaban J connectivity index is 2.14. The molecule has 0 atom stereocenters. The van der Waals surface area contributed by atoms with E-state index in [1.807, 2.05) is 6.07 Å². The highest BCUT2D eigenvalue weighted by molar-refractivity contribution is 5.81. The molecule has 0 aromatic heterocycles. The van der Waals surface area contributed by atoms with Gasteiger partial charge in [-0.25, -0.2) is 0 Å². The molecule has 0 spiro atoms. The molecule has 94 valence electrons. The lowest BCUT2D eigenvalue weighted by atomic mass is 9.89. The number of rotatable bonds is 5. The summed E-state index contributed by atoms with van der Waals surface area (Å²) in [6, 6.07) is 1.92. The van der Waals surface area contributed by atoms with Crippen LogP contribution < -0.4 is 5.32 Å². The van der Waals surface area contributed by atoms with Crippen LogP contribution in [-0.2, 0) is 14.3 Å². The Morgan fingerprint density at radius 1 is 1.29 bits per heavy atom. The highest BCUT2D eigenvalue weighted by Gasteiger charge is 2.22. The summed E-state index contributed by atoms with van der Waals surface area (Å²) in [4.78, 5) is 22.8. The first-order valence-electron chi connectivity index (χ1n) is 6.04. The Hall–Kier alpha value is -1.57. The van der Waals surface area contributed by atoms with Gasteiger partial charge >= 0.3 is 5.97 Å². The fraction of sp³-hybridized carbons (Fsp3) is 0.750. The van der Waals surface area contributed by atoms with Gasteiger partial charge < -0.3 is 10.1 Å². The van der Waals surface area contributed by atoms with Crippen molar-refractivity contribution in [2.45, 2.75) is 38.5 Å². The van der Waals surface area contributed by atoms with Crippen molar-refractivity contribution < 1.29 is 14.3 Å². The van der Waals surface area contributed by atoms with E-state index in [2.05, 4.69) is 5.32 Å². The van der Waals surface area contributed by atoms with E-state index in [9.17, 15) is 9.59 Å². The van der Waals surface area contributed by atoms with Gasteiger partial charge in [0.15, 0.2) is 6.61 Å². The molecule has 1 saturated carbocycles. The van der Waals surface area contributed by atoms with Crippen LogP contribution >= 0.6 is 0 Å². The molecule has 0 aromatic carbocycles. The van der Waals surface area contributed by atoms with Crippen molar-refractivity contribution in [3.05, 3.63) is 0 Å². The van der Waals surface area contributed by atoms with Gasteiger partial charge in [-0.1, -0.05) is 19.3 Å². The predicted molar refractivity (Wildman–Crippen MR) is 60.8 cm³/mol. The summed E-state index contributed by atoms with van der Waals surface area (Å²) in [5.74, 6) is -0.639. The molecule has 17 heavy (non-hydrogen) atoms. The summed E-state index contributed by atoms with van der Waals surface area (Å²) < 4.78 is 4.94. The lowest BCUT2D eigenvalue weighted by Crippen LogP contribution is -2.31. The van der Waals surface area contributed by atoms with Gasteiger partial charge in [0.25, 0.3) is 5.91 Å². The summed E-state index contributed by atoms with van der Waals surface area (Å²) in [5, 5.41) is 10.8. The van der Waals surface area contributed by atoms with Crippen LogP contribution in [0.25, 0.3) is 0 Å². The monoisotopic (exact) mass is 238 g/mol. The van der Waals surface area contributed by atoms with Crippen molar-refractivity contribution in [3.8, 4) is 6.07 Å². The molecule has 1 aliphatic rings. The molecule has 1 aliphatic carbocycles. The summed E-state index contributed by atoms with van der Waals surface area (Å²) in [5.41, 5.74) is 0. The molecule has 1 rings (SSSR count). The number of hydrogen-bond donors (Lipinski definition) is 1. The van der Waals surface area contributed by atoms with Crippen LogP contribution in [0.4, 0.5) is 0 Å². The number of nitrogens with zero attached hydrogens (tertiary/aromatic N) is 1. The summed E-state index contributed by atoms with van der Waals surface area (Å²) >= 11 is 0. The summed E-state index contributed by atoms with van der Waals surface area (Å²) in [7, 11) is 0. The molecule has 0 aliphatic heterocycles. The molecule has 0 saturated heterocycles. The largest absolute Gasteiger partial charge is 0.455 e. The van der Waals surface area contributed by atoms with Crippen molar-refractivity contribution in [3.63, 3.8) is 0 Å². The second kappa shape index (κ2) is 7.66. The van der Waals surface area contributed by atoms with Crippen LogP contribution in [0.5, 0.6) is 0 Å². The van der Waals surface area contributed by atoms with Crippen LogP contribution in [0.1, 0.15) is 38.5 Å². The maximum Gasteiger partial charge on any atom is 0.309 e. The SMILES string of the molecule is N#CCCNC(=O)COC(=O)C1CCCCC1. The predicted octanol–water partition coefficient (Wildman–Crippen LogP) is 1.14. The van der Waals surface area contributed by atoms with E-state index >= 15 is 0 Å². The number of nitrogens with one attached hydrogen (secondary N) is 1. The second-order valence-electron chi connectivity index (χ2n) is 4.20. The molecule has 1 N–H and O–H groups in total. The van der Waals surface area contributed by atoms with E-state index in [4.69, 9.17) is 10.00 Å². The first-order chi connectivity index (χ1) is 8.24. The van der Waals surface area contributed by atoms with Crippen LogP contribution in [0, 0.1) is 17.2 Å². The molecule has 0 radical (unpaired) electrons. The zero-order valence-corrected chi connectivity index (χ0v) is 9.91. The van der Waals surface area contributed by atoms with Crippen LogP contribution in [0.2, 0.25) is 0 Å². The van der Waals surface area contributed by atoms with E-state index in [-0.39, 0.29) is 30.8 Å². The number of hydrogen-bond acceptors (Lipinski definition) is 4. The molecule has 5 heteroatoms. The average Bonchev–Trinajstić information content (AvgIpc) is 2.37. The first kappa shape index (κ1) is 13.5. The molecular weight excluding hydrogens is 220 g/mol. The fourth-order valence-electron chi connectivity index (χ4n) is 1.90. The van der Waals surface area contributed by atoms with Crippen molar-refractivity contribution in [2.75, 3.05) is 13.2 Å². The third-order valence-electron chi connectivity index (χ3n) is 2.84. The van der Waals surface area contributed by atoms with E-state index < -0.39 is 0 Å². The van der Waals surface area contributed by atoms with Crippen LogP contribution in [0.3, 0.4) is 0 Å². The topological polar surface area (TPSA) is 79.2 Å². The molecule has 0 bridgehead atoms. The number of nitriles is 1. The molecule has 0 heterocycles. The first-order valence-corrected chi connectivity index (χ1v) is 6.04. The average molecular weight is 238 g/mol. The van der Waals surface area contributed by atoms with Gasteiger partial charge in [0.05, 0.1) is 18.4 Å². The highest BCUT2D eigenvalue weighted by atomic mass is 16.5. The summed E-state index contributed by atoms with van der Waals surface area (Å²) in [6.45, 7) is 0.0665. The number of esters is 1. The minimum Gasteiger partial charge on any atom is -0.455 e.